The summed E-state index contributed by atoms with van der Waals surface area (Å²) in [6.45, 7) is 3.37. The molecule has 1 atom stereocenters. The molecule has 0 aromatic heterocycles. The standard InChI is InChI=1S/C9H11FO/c1-6-5-8(10)3-4-9(6)7(2)11/h3-4,6H,5H2,1-2H3/t6-/m0/s1. The Morgan fingerprint density at radius 2 is 2.27 bits per heavy atom. The molecule has 0 N–H and O–H groups in total. The van der Waals surface area contributed by atoms with Crippen LogP contribution in [0.25, 0.3) is 0 Å². The summed E-state index contributed by atoms with van der Waals surface area (Å²) in [5.74, 6) is -0.0544. The van der Waals surface area contributed by atoms with Crippen molar-refractivity contribution in [1.82, 2.24) is 0 Å². The first-order valence-corrected chi connectivity index (χ1v) is 3.68. The fraction of sp³-hybridized carbons (Fsp3) is 0.444. The van der Waals surface area contributed by atoms with E-state index in [-0.39, 0.29) is 17.5 Å². The number of ketones is 1. The molecule has 0 radical (unpaired) electrons. The lowest BCUT2D eigenvalue weighted by atomic mass is 9.90. The van der Waals surface area contributed by atoms with Gasteiger partial charge in [-0.05, 0) is 24.5 Å². The molecule has 0 bridgehead atoms. The van der Waals surface area contributed by atoms with Gasteiger partial charge >= 0.3 is 0 Å². The minimum atomic E-state index is -0.137. The van der Waals surface area contributed by atoms with E-state index in [1.807, 2.05) is 6.92 Å². The molecule has 0 saturated carbocycles. The molecular formula is C9H11FO. The smallest absolute Gasteiger partial charge is 0.156 e. The Bertz CT molecular complexity index is 238. The zero-order valence-corrected chi connectivity index (χ0v) is 6.73. The highest BCUT2D eigenvalue weighted by atomic mass is 19.1. The van der Waals surface area contributed by atoms with Gasteiger partial charge in [-0.2, -0.15) is 0 Å². The molecule has 0 unspecified atom stereocenters. The van der Waals surface area contributed by atoms with Gasteiger partial charge in [0.1, 0.15) is 5.83 Å². The molecule has 0 aromatic carbocycles. The van der Waals surface area contributed by atoms with Gasteiger partial charge in [-0.25, -0.2) is 4.39 Å². The highest BCUT2D eigenvalue weighted by Gasteiger charge is 2.17. The zero-order chi connectivity index (χ0) is 8.43. The van der Waals surface area contributed by atoms with Gasteiger partial charge in [-0.3, -0.25) is 4.79 Å². The monoisotopic (exact) mass is 154 g/mol. The van der Waals surface area contributed by atoms with Crippen LogP contribution in [0.2, 0.25) is 0 Å². The van der Waals surface area contributed by atoms with Gasteiger partial charge in [0.2, 0.25) is 0 Å². The molecule has 2 heteroatoms. The third-order valence-electron chi connectivity index (χ3n) is 1.88. The number of hydrogen-bond acceptors (Lipinski definition) is 1. The summed E-state index contributed by atoms with van der Waals surface area (Å²) < 4.78 is 12.6. The predicted octanol–water partition coefficient (Wildman–Crippen LogP) is 2.40. The van der Waals surface area contributed by atoms with E-state index in [9.17, 15) is 9.18 Å². The van der Waals surface area contributed by atoms with E-state index in [1.54, 1.807) is 6.08 Å². The van der Waals surface area contributed by atoms with Crippen LogP contribution in [0, 0.1) is 5.92 Å². The molecule has 0 spiro atoms. The van der Waals surface area contributed by atoms with Crippen LogP contribution in [0.5, 0.6) is 0 Å². The van der Waals surface area contributed by atoms with E-state index in [0.29, 0.717) is 6.42 Å². The van der Waals surface area contributed by atoms with E-state index in [2.05, 4.69) is 0 Å². The van der Waals surface area contributed by atoms with Crippen LogP contribution >= 0.6 is 0 Å². The maximum Gasteiger partial charge on any atom is 0.156 e. The van der Waals surface area contributed by atoms with Crippen molar-refractivity contribution in [2.24, 2.45) is 5.92 Å². The Morgan fingerprint density at radius 3 is 2.73 bits per heavy atom. The topological polar surface area (TPSA) is 17.1 Å². The minimum absolute atomic E-state index is 0.0394. The summed E-state index contributed by atoms with van der Waals surface area (Å²) in [4.78, 5) is 10.9. The summed E-state index contributed by atoms with van der Waals surface area (Å²) in [5.41, 5.74) is 0.728. The Kier molecular flexibility index (Phi) is 2.22. The molecule has 0 saturated heterocycles. The van der Waals surface area contributed by atoms with E-state index >= 15 is 0 Å². The summed E-state index contributed by atoms with van der Waals surface area (Å²) >= 11 is 0. The fourth-order valence-electron chi connectivity index (χ4n) is 1.28. The minimum Gasteiger partial charge on any atom is -0.295 e. The lowest BCUT2D eigenvalue weighted by Crippen LogP contribution is -2.10. The Morgan fingerprint density at radius 1 is 1.64 bits per heavy atom. The third-order valence-corrected chi connectivity index (χ3v) is 1.88. The van der Waals surface area contributed by atoms with Gasteiger partial charge in [-0.1, -0.05) is 13.0 Å². The number of carbonyl (C=O) groups excluding carboxylic acids is 1. The molecule has 0 heterocycles. The second-order valence-corrected chi connectivity index (χ2v) is 2.90. The van der Waals surface area contributed by atoms with Crippen LogP contribution in [-0.4, -0.2) is 5.78 Å². The van der Waals surface area contributed by atoms with E-state index < -0.39 is 0 Å². The first-order valence-electron chi connectivity index (χ1n) is 3.68. The van der Waals surface area contributed by atoms with Gasteiger partial charge in [-0.15, -0.1) is 0 Å². The van der Waals surface area contributed by atoms with Crippen LogP contribution in [-0.2, 0) is 4.79 Å². The van der Waals surface area contributed by atoms with Crippen molar-refractivity contribution in [3.63, 3.8) is 0 Å². The van der Waals surface area contributed by atoms with Crippen molar-refractivity contribution in [1.29, 1.82) is 0 Å². The largest absolute Gasteiger partial charge is 0.295 e. The normalized spacial score (nSPS) is 24.1. The van der Waals surface area contributed by atoms with Crippen LogP contribution in [0.1, 0.15) is 20.3 Å². The van der Waals surface area contributed by atoms with Crippen molar-refractivity contribution in [2.45, 2.75) is 20.3 Å². The average molecular weight is 154 g/mol. The van der Waals surface area contributed by atoms with Gasteiger partial charge in [0, 0.05) is 6.42 Å². The van der Waals surface area contributed by atoms with E-state index in [4.69, 9.17) is 0 Å². The van der Waals surface area contributed by atoms with Crippen LogP contribution < -0.4 is 0 Å². The molecule has 1 nitrogen and oxygen atoms in total. The molecule has 11 heavy (non-hydrogen) atoms. The van der Waals surface area contributed by atoms with Crippen LogP contribution in [0.4, 0.5) is 4.39 Å². The zero-order valence-electron chi connectivity index (χ0n) is 6.73. The molecular weight excluding hydrogens is 143 g/mol. The SMILES string of the molecule is CC(=O)C1=CC=C(F)C[C@@H]1C. The molecule has 0 amide bonds. The number of allylic oxidation sites excluding steroid dienone is 4. The van der Waals surface area contributed by atoms with E-state index in [0.717, 1.165) is 5.57 Å². The van der Waals surface area contributed by atoms with Crippen molar-refractivity contribution in [3.8, 4) is 0 Å². The Labute approximate surface area is 65.6 Å². The summed E-state index contributed by atoms with van der Waals surface area (Å²) in [6.07, 6.45) is 3.31. The first-order chi connectivity index (χ1) is 5.11. The number of Topliss-reactive ketones (excluding diaryl/α,β-unsaturated/α-hetero) is 1. The quantitative estimate of drug-likeness (QED) is 0.566. The molecule has 0 fully saturated rings. The van der Waals surface area contributed by atoms with Gasteiger partial charge < -0.3 is 0 Å². The van der Waals surface area contributed by atoms with Crippen LogP contribution in [0.3, 0.4) is 0 Å². The van der Waals surface area contributed by atoms with E-state index in [1.165, 1.54) is 13.0 Å². The molecule has 0 aliphatic heterocycles. The highest BCUT2D eigenvalue weighted by Crippen LogP contribution is 2.25. The number of rotatable bonds is 1. The average Bonchev–Trinajstić information content (AvgIpc) is 1.85. The van der Waals surface area contributed by atoms with Crippen molar-refractivity contribution in [3.05, 3.63) is 23.6 Å². The van der Waals surface area contributed by atoms with Crippen molar-refractivity contribution < 1.29 is 9.18 Å². The van der Waals surface area contributed by atoms with Crippen molar-refractivity contribution in [2.75, 3.05) is 0 Å². The molecule has 0 aromatic rings. The molecule has 1 aliphatic rings. The lowest BCUT2D eigenvalue weighted by molar-refractivity contribution is -0.114. The van der Waals surface area contributed by atoms with Gasteiger partial charge in [0.15, 0.2) is 5.78 Å². The van der Waals surface area contributed by atoms with Gasteiger partial charge in [0.05, 0.1) is 0 Å². The number of halogens is 1. The fourth-order valence-corrected chi connectivity index (χ4v) is 1.28. The lowest BCUT2D eigenvalue weighted by Gasteiger charge is -2.15. The molecule has 60 valence electrons. The summed E-state index contributed by atoms with van der Waals surface area (Å²) in [7, 11) is 0. The predicted molar refractivity (Wildman–Crippen MR) is 41.7 cm³/mol. The highest BCUT2D eigenvalue weighted by molar-refractivity contribution is 5.94. The second-order valence-electron chi connectivity index (χ2n) is 2.90. The van der Waals surface area contributed by atoms with Crippen molar-refractivity contribution >= 4 is 5.78 Å². The maximum atomic E-state index is 12.6. The molecule has 1 rings (SSSR count). The Hall–Kier alpha value is -0.920. The third kappa shape index (κ3) is 1.76. The van der Waals surface area contributed by atoms with Gasteiger partial charge in [0.25, 0.3) is 0 Å². The second kappa shape index (κ2) is 2.99. The van der Waals surface area contributed by atoms with Crippen LogP contribution in [0.15, 0.2) is 23.6 Å². The number of hydrogen-bond donors (Lipinski definition) is 0. The number of carbonyl (C=O) groups is 1. The summed E-state index contributed by atoms with van der Waals surface area (Å²) in [5, 5.41) is 0. The maximum absolute atomic E-state index is 12.6. The molecule has 1 aliphatic carbocycles. The first kappa shape index (κ1) is 8.18. The summed E-state index contributed by atoms with van der Waals surface area (Å²) in [6, 6.07) is 0. The Balaban J connectivity index is 2.87.